The van der Waals surface area contributed by atoms with E-state index in [1.54, 1.807) is 14.2 Å². The maximum atomic E-state index is 10.8. The molecule has 2 N–H and O–H groups in total. The van der Waals surface area contributed by atoms with Gasteiger partial charge in [0.15, 0.2) is 11.5 Å². The fraction of sp³-hybridized carbons (Fsp3) is 0.300. The summed E-state index contributed by atoms with van der Waals surface area (Å²) in [4.78, 5) is 15.5. The van der Waals surface area contributed by atoms with Gasteiger partial charge >= 0.3 is 5.97 Å². The van der Waals surface area contributed by atoms with Gasteiger partial charge in [0.1, 0.15) is 17.2 Å². The highest BCUT2D eigenvalue weighted by atomic mass is 16.5. The van der Waals surface area contributed by atoms with E-state index in [4.69, 9.17) is 19.6 Å². The van der Waals surface area contributed by atoms with Crippen LogP contribution in [0, 0.1) is 6.92 Å². The molecular weight excluding hydrogens is 346 g/mol. The summed E-state index contributed by atoms with van der Waals surface area (Å²) in [6, 6.07) is 9.69. The van der Waals surface area contributed by atoms with Crippen LogP contribution in [0.1, 0.15) is 18.4 Å². The lowest BCUT2D eigenvalue weighted by Gasteiger charge is -2.14. The van der Waals surface area contributed by atoms with Crippen molar-refractivity contribution in [2.24, 2.45) is 0 Å². The largest absolute Gasteiger partial charge is 0.493 e. The monoisotopic (exact) mass is 369 g/mol. The van der Waals surface area contributed by atoms with Gasteiger partial charge in [0.05, 0.1) is 19.8 Å². The van der Waals surface area contributed by atoms with Crippen molar-refractivity contribution >= 4 is 17.4 Å². The number of nitrogens with one attached hydrogen (secondary N) is 1. The molecule has 0 radical (unpaired) electrons. The van der Waals surface area contributed by atoms with E-state index < -0.39 is 5.97 Å². The molecule has 0 saturated heterocycles. The topological polar surface area (TPSA) is 85.1 Å². The summed E-state index contributed by atoms with van der Waals surface area (Å²) in [7, 11) is 3.21. The lowest BCUT2D eigenvalue weighted by Crippen LogP contribution is -2.07. The van der Waals surface area contributed by atoms with E-state index in [0.717, 1.165) is 28.3 Å². The minimum atomic E-state index is -0.805. The van der Waals surface area contributed by atoms with Gasteiger partial charge in [-0.15, -0.1) is 0 Å². The van der Waals surface area contributed by atoms with Crippen molar-refractivity contribution in [3.63, 3.8) is 0 Å². The Morgan fingerprint density at radius 3 is 2.78 bits per heavy atom. The third-order valence-corrected chi connectivity index (χ3v) is 4.27. The number of rotatable bonds is 8. The summed E-state index contributed by atoms with van der Waals surface area (Å²) in [6.07, 6.45) is 2.55. The van der Waals surface area contributed by atoms with Crippen molar-refractivity contribution < 1.29 is 19.4 Å². The Morgan fingerprint density at radius 2 is 2.07 bits per heavy atom. The summed E-state index contributed by atoms with van der Waals surface area (Å²) in [6.45, 7) is 2.51. The molecule has 1 aromatic carbocycles. The van der Waals surface area contributed by atoms with E-state index in [1.165, 1.54) is 0 Å². The lowest BCUT2D eigenvalue weighted by atomic mass is 10.1. The molecule has 0 unspecified atom stereocenters. The van der Waals surface area contributed by atoms with Crippen LogP contribution in [0.3, 0.4) is 0 Å². The fourth-order valence-electron chi connectivity index (χ4n) is 3.08. The Morgan fingerprint density at radius 1 is 1.26 bits per heavy atom. The highest BCUT2D eigenvalue weighted by Crippen LogP contribution is 2.41. The molecule has 0 spiro atoms. The van der Waals surface area contributed by atoms with Crippen LogP contribution in [0.4, 0.5) is 5.82 Å². The quantitative estimate of drug-likeness (QED) is 0.590. The predicted molar refractivity (Wildman–Crippen MR) is 104 cm³/mol. The summed E-state index contributed by atoms with van der Waals surface area (Å²) in [5, 5.41) is 12.2. The van der Waals surface area contributed by atoms with Crippen LogP contribution in [0.15, 0.2) is 36.5 Å². The Kier molecular flexibility index (Phi) is 5.49. The molecule has 0 amide bonds. The van der Waals surface area contributed by atoms with Gasteiger partial charge in [-0.2, -0.15) is 0 Å². The molecule has 3 aromatic rings. The Hall–Kier alpha value is -3.22. The van der Waals surface area contributed by atoms with Crippen molar-refractivity contribution in [3.8, 4) is 22.8 Å². The predicted octanol–water partition coefficient (Wildman–Crippen LogP) is 3.60. The molecule has 0 fully saturated rings. The number of carboxylic acids is 1. The third kappa shape index (κ3) is 3.81. The van der Waals surface area contributed by atoms with Gasteiger partial charge in [-0.1, -0.05) is 6.07 Å². The smallest absolute Gasteiger partial charge is 0.303 e. The second-order valence-electron chi connectivity index (χ2n) is 6.21. The van der Waals surface area contributed by atoms with E-state index in [9.17, 15) is 4.79 Å². The summed E-state index contributed by atoms with van der Waals surface area (Å²) in [5.41, 5.74) is 3.36. The molecule has 7 nitrogen and oxygen atoms in total. The van der Waals surface area contributed by atoms with Crippen LogP contribution in [0.2, 0.25) is 0 Å². The number of hydrogen-bond acceptors (Lipinski definition) is 5. The van der Waals surface area contributed by atoms with E-state index in [1.807, 2.05) is 47.9 Å². The number of fused-ring (bicyclic) bond motifs is 1. The van der Waals surface area contributed by atoms with Crippen molar-refractivity contribution in [3.05, 3.63) is 42.1 Å². The van der Waals surface area contributed by atoms with Crippen LogP contribution >= 0.6 is 0 Å². The van der Waals surface area contributed by atoms with E-state index >= 15 is 0 Å². The Labute approximate surface area is 157 Å². The van der Waals surface area contributed by atoms with Crippen LogP contribution in [0.25, 0.3) is 16.9 Å². The van der Waals surface area contributed by atoms with E-state index in [2.05, 4.69) is 5.32 Å². The molecule has 7 heteroatoms. The summed E-state index contributed by atoms with van der Waals surface area (Å²) < 4.78 is 13.0. The number of aromatic nitrogens is 2. The van der Waals surface area contributed by atoms with Gasteiger partial charge in [-0.05, 0) is 43.2 Å². The number of methoxy groups -OCH3 is 2. The van der Waals surface area contributed by atoms with E-state index in [-0.39, 0.29) is 6.42 Å². The van der Waals surface area contributed by atoms with Gasteiger partial charge < -0.3 is 19.9 Å². The molecule has 2 aromatic heterocycles. The molecular formula is C20H23N3O4. The van der Waals surface area contributed by atoms with Crippen LogP contribution in [0.5, 0.6) is 11.5 Å². The van der Waals surface area contributed by atoms with Crippen molar-refractivity contribution in [2.75, 3.05) is 26.1 Å². The first-order valence-corrected chi connectivity index (χ1v) is 8.71. The van der Waals surface area contributed by atoms with E-state index in [0.29, 0.717) is 24.5 Å². The number of aliphatic carboxylic acids is 1. The number of aryl methyl sites for hydroxylation is 1. The zero-order valence-electron chi connectivity index (χ0n) is 15.7. The van der Waals surface area contributed by atoms with Crippen molar-refractivity contribution in [2.45, 2.75) is 19.8 Å². The molecule has 0 aliphatic carbocycles. The number of benzene rings is 1. The standard InChI is InChI=1S/C20H23N3O4/c1-13-11-14(19(27-3)15(12-13)26-2)18-20(21-9-6-8-17(24)25)23-10-5-4-7-16(23)22-18/h4-5,7,10-12,21H,6,8-9H2,1-3H3,(H,24,25). The van der Waals surface area contributed by atoms with Crippen molar-refractivity contribution in [1.29, 1.82) is 0 Å². The zero-order valence-corrected chi connectivity index (χ0v) is 15.7. The molecule has 3 rings (SSSR count). The third-order valence-electron chi connectivity index (χ3n) is 4.27. The highest BCUT2D eigenvalue weighted by molar-refractivity contribution is 5.82. The molecule has 0 atom stereocenters. The number of imidazole rings is 1. The first-order chi connectivity index (χ1) is 13.0. The van der Waals surface area contributed by atoms with Crippen LogP contribution < -0.4 is 14.8 Å². The van der Waals surface area contributed by atoms with Crippen LogP contribution in [-0.4, -0.2) is 41.2 Å². The number of pyridine rings is 1. The molecule has 2 heterocycles. The molecule has 0 aliphatic heterocycles. The number of anilines is 1. The molecule has 0 aliphatic rings. The summed E-state index contributed by atoms with van der Waals surface area (Å²) >= 11 is 0. The highest BCUT2D eigenvalue weighted by Gasteiger charge is 2.20. The van der Waals surface area contributed by atoms with Gasteiger partial charge in [-0.25, -0.2) is 4.98 Å². The maximum absolute atomic E-state index is 10.8. The minimum absolute atomic E-state index is 0.112. The number of nitrogens with zero attached hydrogens (tertiary/aromatic N) is 2. The molecule has 0 bridgehead atoms. The molecule has 27 heavy (non-hydrogen) atoms. The zero-order chi connectivity index (χ0) is 19.4. The lowest BCUT2D eigenvalue weighted by molar-refractivity contribution is -0.137. The number of hydrogen-bond donors (Lipinski definition) is 2. The maximum Gasteiger partial charge on any atom is 0.303 e. The van der Waals surface area contributed by atoms with Gasteiger partial charge in [-0.3, -0.25) is 9.20 Å². The summed E-state index contributed by atoms with van der Waals surface area (Å²) in [5.74, 6) is 1.24. The second-order valence-corrected chi connectivity index (χ2v) is 6.21. The Balaban J connectivity index is 2.10. The first-order valence-electron chi connectivity index (χ1n) is 8.71. The average molecular weight is 369 g/mol. The SMILES string of the molecule is COc1cc(C)cc(-c2nc3ccccn3c2NCCCC(=O)O)c1OC. The second kappa shape index (κ2) is 7.99. The average Bonchev–Trinajstić information content (AvgIpc) is 3.02. The normalized spacial score (nSPS) is 10.8. The first kappa shape index (κ1) is 18.6. The number of carbonyl (C=O) groups is 1. The molecule has 0 saturated carbocycles. The van der Waals surface area contributed by atoms with Gasteiger partial charge in [0.2, 0.25) is 0 Å². The fourth-order valence-corrected chi connectivity index (χ4v) is 3.08. The Bertz CT molecular complexity index is 965. The molecule has 142 valence electrons. The van der Waals surface area contributed by atoms with Crippen LogP contribution in [-0.2, 0) is 4.79 Å². The minimum Gasteiger partial charge on any atom is -0.493 e. The van der Waals surface area contributed by atoms with Gasteiger partial charge in [0.25, 0.3) is 0 Å². The number of ether oxygens (including phenoxy) is 2. The van der Waals surface area contributed by atoms with Gasteiger partial charge in [0, 0.05) is 19.2 Å². The van der Waals surface area contributed by atoms with Crippen molar-refractivity contribution in [1.82, 2.24) is 9.38 Å². The number of carboxylic acid groups (broad SMARTS) is 1.